The van der Waals surface area contributed by atoms with Gasteiger partial charge in [-0.3, -0.25) is 14.5 Å². The molecule has 2 heterocycles. The topological polar surface area (TPSA) is 70.7 Å². The van der Waals surface area contributed by atoms with Gasteiger partial charge in [-0.05, 0) is 19.4 Å². The average Bonchev–Trinajstić information content (AvgIpc) is 2.96. The van der Waals surface area contributed by atoms with Gasteiger partial charge in [0.1, 0.15) is 5.00 Å². The zero-order chi connectivity index (χ0) is 19.3. The Hall–Kier alpha value is -1.44. The molecule has 26 heavy (non-hydrogen) atoms. The number of nitrogens with zero attached hydrogens (tertiary/aromatic N) is 1. The van der Waals surface area contributed by atoms with E-state index in [4.69, 9.17) is 4.74 Å². The molecule has 0 aliphatic carbocycles. The first-order valence-electron chi connectivity index (χ1n) is 9.24. The third-order valence-corrected chi connectivity index (χ3v) is 5.51. The summed E-state index contributed by atoms with van der Waals surface area (Å²) in [4.78, 5) is 28.4. The minimum atomic E-state index is -0.505. The molecule has 2 amide bonds. The van der Waals surface area contributed by atoms with Crippen LogP contribution in [0, 0.1) is 12.3 Å². The van der Waals surface area contributed by atoms with Crippen LogP contribution in [0.4, 0.5) is 5.00 Å². The molecule has 1 aromatic heterocycles. The minimum Gasteiger partial charge on any atom is -0.379 e. The summed E-state index contributed by atoms with van der Waals surface area (Å²) in [6.45, 7) is 13.5. The van der Waals surface area contributed by atoms with E-state index >= 15 is 0 Å². The van der Waals surface area contributed by atoms with Crippen LogP contribution in [0.2, 0.25) is 0 Å². The molecule has 1 unspecified atom stereocenters. The summed E-state index contributed by atoms with van der Waals surface area (Å²) < 4.78 is 5.40. The number of hydrogen-bond acceptors (Lipinski definition) is 5. The van der Waals surface area contributed by atoms with Gasteiger partial charge in [0, 0.05) is 36.0 Å². The normalized spacial score (nSPS) is 17.0. The molecule has 7 heteroatoms. The van der Waals surface area contributed by atoms with Crippen molar-refractivity contribution in [1.82, 2.24) is 10.2 Å². The smallest absolute Gasteiger partial charge is 0.254 e. The Morgan fingerprint density at radius 1 is 1.31 bits per heavy atom. The molecule has 0 aromatic carbocycles. The van der Waals surface area contributed by atoms with E-state index in [2.05, 4.69) is 22.5 Å². The van der Waals surface area contributed by atoms with Crippen molar-refractivity contribution in [2.45, 2.75) is 47.1 Å². The zero-order valence-corrected chi connectivity index (χ0v) is 17.3. The van der Waals surface area contributed by atoms with Crippen molar-refractivity contribution < 1.29 is 14.3 Å². The second-order valence-electron chi connectivity index (χ2n) is 7.72. The van der Waals surface area contributed by atoms with E-state index < -0.39 is 5.41 Å². The van der Waals surface area contributed by atoms with E-state index in [0.717, 1.165) is 37.6 Å². The van der Waals surface area contributed by atoms with Crippen molar-refractivity contribution in [3.05, 3.63) is 16.5 Å². The molecule has 0 bridgehead atoms. The summed E-state index contributed by atoms with van der Waals surface area (Å²) in [7, 11) is 0. The van der Waals surface area contributed by atoms with E-state index in [1.165, 1.54) is 11.3 Å². The number of aryl methyl sites for hydroxylation is 1. The summed E-state index contributed by atoms with van der Waals surface area (Å²) in [6, 6.07) is 2.14. The lowest BCUT2D eigenvalue weighted by Crippen LogP contribution is -2.48. The van der Waals surface area contributed by atoms with Gasteiger partial charge in [-0.2, -0.15) is 0 Å². The van der Waals surface area contributed by atoms with E-state index in [-0.39, 0.29) is 11.8 Å². The maximum absolute atomic E-state index is 12.7. The second-order valence-corrected chi connectivity index (χ2v) is 8.98. The van der Waals surface area contributed by atoms with E-state index in [0.29, 0.717) is 23.2 Å². The number of carbonyl (C=O) groups is 2. The summed E-state index contributed by atoms with van der Waals surface area (Å²) in [5.74, 6) is -0.224. The highest BCUT2D eigenvalue weighted by molar-refractivity contribution is 7.16. The van der Waals surface area contributed by atoms with Gasteiger partial charge in [0.25, 0.3) is 5.91 Å². The highest BCUT2D eigenvalue weighted by atomic mass is 32.1. The maximum atomic E-state index is 12.7. The molecule has 0 saturated carbocycles. The van der Waals surface area contributed by atoms with Crippen LogP contribution in [0.1, 0.15) is 49.4 Å². The third-order valence-electron chi connectivity index (χ3n) is 4.54. The minimum absolute atomic E-state index is 0.0897. The number of ether oxygens (including phenoxy) is 1. The number of carbonyl (C=O) groups excluding carboxylic acids is 2. The third kappa shape index (κ3) is 5.53. The van der Waals surface area contributed by atoms with E-state index in [1.54, 1.807) is 0 Å². The molecule has 2 N–H and O–H groups in total. The predicted molar refractivity (Wildman–Crippen MR) is 106 cm³/mol. The first-order valence-corrected chi connectivity index (χ1v) is 10.1. The molecule has 1 saturated heterocycles. The quantitative estimate of drug-likeness (QED) is 0.795. The lowest BCUT2D eigenvalue weighted by molar-refractivity contribution is -0.123. The van der Waals surface area contributed by atoms with Crippen LogP contribution in [0.3, 0.4) is 0 Å². The van der Waals surface area contributed by atoms with Gasteiger partial charge in [0.15, 0.2) is 0 Å². The van der Waals surface area contributed by atoms with Crippen LogP contribution in [-0.2, 0) is 9.53 Å². The molecular formula is C19H31N3O3S. The number of thiophene rings is 1. The standard InChI is InChI=1S/C19H31N3O3S/c1-6-14(22-7-9-25-10-8-22)12-20-16(23)15-11-13(2)26-17(15)21-18(24)19(3,4)5/h11,14H,6-10,12H2,1-5H3,(H,20,23)(H,21,24). The fraction of sp³-hybridized carbons (Fsp3) is 0.684. The van der Waals surface area contributed by atoms with E-state index in [1.807, 2.05) is 33.8 Å². The molecule has 2 rings (SSSR count). The number of amides is 2. The summed E-state index contributed by atoms with van der Waals surface area (Å²) in [5.41, 5.74) is 0.0388. The molecule has 1 aliphatic rings. The molecule has 1 aromatic rings. The first-order chi connectivity index (χ1) is 12.2. The van der Waals surface area contributed by atoms with Crippen molar-refractivity contribution in [2.75, 3.05) is 38.2 Å². The summed E-state index contributed by atoms with van der Waals surface area (Å²) in [6.07, 6.45) is 0.969. The lowest BCUT2D eigenvalue weighted by atomic mass is 9.96. The van der Waals surface area contributed by atoms with E-state index in [9.17, 15) is 9.59 Å². The molecule has 0 spiro atoms. The second kappa shape index (κ2) is 8.97. The Labute approximate surface area is 160 Å². The van der Waals surface area contributed by atoms with Crippen LogP contribution in [0.25, 0.3) is 0 Å². The number of nitrogens with one attached hydrogen (secondary N) is 2. The monoisotopic (exact) mass is 381 g/mol. The van der Waals surface area contributed by atoms with Crippen LogP contribution in [-0.4, -0.2) is 55.6 Å². The van der Waals surface area contributed by atoms with Crippen molar-refractivity contribution >= 4 is 28.2 Å². The fourth-order valence-corrected chi connectivity index (χ4v) is 3.75. The van der Waals surface area contributed by atoms with Crippen LogP contribution >= 0.6 is 11.3 Å². The Morgan fingerprint density at radius 3 is 2.54 bits per heavy atom. The van der Waals surface area contributed by atoms with Gasteiger partial charge in [-0.25, -0.2) is 0 Å². The highest BCUT2D eigenvalue weighted by Crippen LogP contribution is 2.29. The highest BCUT2D eigenvalue weighted by Gasteiger charge is 2.25. The van der Waals surface area contributed by atoms with Crippen LogP contribution in [0.15, 0.2) is 6.07 Å². The van der Waals surface area contributed by atoms with Crippen molar-refractivity contribution in [1.29, 1.82) is 0 Å². The van der Waals surface area contributed by atoms with Crippen molar-refractivity contribution in [2.24, 2.45) is 5.41 Å². The lowest BCUT2D eigenvalue weighted by Gasteiger charge is -2.34. The molecule has 1 aliphatic heterocycles. The van der Waals surface area contributed by atoms with Crippen molar-refractivity contribution in [3.8, 4) is 0 Å². The molecule has 146 valence electrons. The Morgan fingerprint density at radius 2 is 1.96 bits per heavy atom. The Kier molecular flexibility index (Phi) is 7.20. The molecule has 1 atom stereocenters. The number of hydrogen-bond donors (Lipinski definition) is 2. The van der Waals surface area contributed by atoms with Gasteiger partial charge in [-0.15, -0.1) is 11.3 Å². The van der Waals surface area contributed by atoms with Crippen LogP contribution < -0.4 is 10.6 Å². The van der Waals surface area contributed by atoms with Gasteiger partial charge in [0.2, 0.25) is 5.91 Å². The summed E-state index contributed by atoms with van der Waals surface area (Å²) >= 11 is 1.44. The first kappa shape index (κ1) is 20.9. The molecular weight excluding hydrogens is 350 g/mol. The van der Waals surface area contributed by atoms with Gasteiger partial charge < -0.3 is 15.4 Å². The number of morpholine rings is 1. The molecule has 6 nitrogen and oxygen atoms in total. The fourth-order valence-electron chi connectivity index (χ4n) is 2.85. The largest absolute Gasteiger partial charge is 0.379 e. The number of rotatable bonds is 6. The Bertz CT molecular complexity index is 630. The SMILES string of the molecule is CCC(CNC(=O)c1cc(C)sc1NC(=O)C(C)(C)C)N1CCOCC1. The van der Waals surface area contributed by atoms with Gasteiger partial charge in [0.05, 0.1) is 18.8 Å². The number of anilines is 1. The predicted octanol–water partition coefficient (Wildman–Crippen LogP) is 2.88. The van der Waals surface area contributed by atoms with Gasteiger partial charge >= 0.3 is 0 Å². The zero-order valence-electron chi connectivity index (χ0n) is 16.5. The van der Waals surface area contributed by atoms with Crippen molar-refractivity contribution in [3.63, 3.8) is 0 Å². The molecule has 0 radical (unpaired) electrons. The summed E-state index contributed by atoms with van der Waals surface area (Å²) in [5, 5.41) is 6.58. The van der Waals surface area contributed by atoms with Crippen LogP contribution in [0.5, 0.6) is 0 Å². The maximum Gasteiger partial charge on any atom is 0.254 e. The Balaban J connectivity index is 2.01. The molecule has 1 fully saturated rings. The van der Waals surface area contributed by atoms with Gasteiger partial charge in [-0.1, -0.05) is 27.7 Å². The average molecular weight is 382 g/mol.